The van der Waals surface area contributed by atoms with Crippen molar-refractivity contribution in [2.75, 3.05) is 32.7 Å². The number of carbonyl (C=O) groups is 1. The molecule has 0 unspecified atom stereocenters. The van der Waals surface area contributed by atoms with Crippen LogP contribution in [0.4, 0.5) is 9.18 Å². The summed E-state index contributed by atoms with van der Waals surface area (Å²) in [5.74, 6) is -0.201. The van der Waals surface area contributed by atoms with Crippen LogP contribution in [-0.4, -0.2) is 54.6 Å². The molecule has 1 N–H and O–H groups in total. The zero-order chi connectivity index (χ0) is 16.8. The highest BCUT2D eigenvalue weighted by Crippen LogP contribution is 2.23. The van der Waals surface area contributed by atoms with Crippen LogP contribution < -0.4 is 5.32 Å². The third-order valence-electron chi connectivity index (χ3n) is 5.32. The third kappa shape index (κ3) is 4.47. The summed E-state index contributed by atoms with van der Waals surface area (Å²) >= 11 is 0. The van der Waals surface area contributed by atoms with Crippen molar-refractivity contribution < 1.29 is 9.18 Å². The van der Waals surface area contributed by atoms with Crippen molar-refractivity contribution in [1.29, 1.82) is 0 Å². The fourth-order valence-corrected chi connectivity index (χ4v) is 3.85. The summed E-state index contributed by atoms with van der Waals surface area (Å²) in [5, 5.41) is 2.92. The van der Waals surface area contributed by atoms with Crippen LogP contribution in [0, 0.1) is 5.82 Å². The highest BCUT2D eigenvalue weighted by molar-refractivity contribution is 5.74. The molecule has 132 valence electrons. The number of hydrogen-bond acceptors (Lipinski definition) is 2. The summed E-state index contributed by atoms with van der Waals surface area (Å²) in [7, 11) is 0. The lowest BCUT2D eigenvalue weighted by atomic mass is 9.94. The number of rotatable bonds is 4. The number of benzene rings is 1. The molecule has 5 heteroatoms. The summed E-state index contributed by atoms with van der Waals surface area (Å²) in [4.78, 5) is 16.7. The molecule has 1 saturated carbocycles. The number of carbonyl (C=O) groups excluding carboxylic acids is 1. The standard InChI is InChI=1S/C19H28FN3O/c20-18-9-5-4-6-16(18)10-11-21-19(24)23-14-12-22(13-15-23)17-7-2-1-3-8-17/h4-6,9,17H,1-3,7-8,10-15H2,(H,21,24). The van der Waals surface area contributed by atoms with Gasteiger partial charge in [-0.1, -0.05) is 37.5 Å². The summed E-state index contributed by atoms with van der Waals surface area (Å²) in [6.45, 7) is 4.02. The first-order valence-corrected chi connectivity index (χ1v) is 9.24. The molecule has 1 aromatic carbocycles. The molecule has 24 heavy (non-hydrogen) atoms. The molecule has 2 amide bonds. The Bertz CT molecular complexity index is 537. The predicted molar refractivity (Wildman–Crippen MR) is 93.5 cm³/mol. The lowest BCUT2D eigenvalue weighted by molar-refractivity contribution is 0.0907. The molecule has 2 fully saturated rings. The van der Waals surface area contributed by atoms with E-state index in [1.165, 1.54) is 38.2 Å². The Labute approximate surface area is 144 Å². The van der Waals surface area contributed by atoms with Gasteiger partial charge in [0.15, 0.2) is 0 Å². The van der Waals surface area contributed by atoms with Crippen molar-refractivity contribution in [1.82, 2.24) is 15.1 Å². The molecule has 3 rings (SSSR count). The maximum Gasteiger partial charge on any atom is 0.317 e. The summed E-state index contributed by atoms with van der Waals surface area (Å²) in [6.07, 6.45) is 7.23. The molecule has 1 aliphatic heterocycles. The second-order valence-corrected chi connectivity index (χ2v) is 6.89. The van der Waals surface area contributed by atoms with E-state index in [4.69, 9.17) is 0 Å². The average molecular weight is 333 g/mol. The number of nitrogens with one attached hydrogen (secondary N) is 1. The minimum atomic E-state index is -0.201. The van der Waals surface area contributed by atoms with Gasteiger partial charge in [0, 0.05) is 38.8 Å². The van der Waals surface area contributed by atoms with Gasteiger partial charge in [0.05, 0.1) is 0 Å². The summed E-state index contributed by atoms with van der Waals surface area (Å²) in [5.41, 5.74) is 0.653. The fraction of sp³-hybridized carbons (Fsp3) is 0.632. The number of halogens is 1. The molecule has 0 aromatic heterocycles. The smallest absolute Gasteiger partial charge is 0.317 e. The first-order chi connectivity index (χ1) is 11.7. The van der Waals surface area contributed by atoms with Crippen LogP contribution in [-0.2, 0) is 6.42 Å². The summed E-state index contributed by atoms with van der Waals surface area (Å²) in [6, 6.07) is 7.44. The van der Waals surface area contributed by atoms with Crippen molar-refractivity contribution in [2.24, 2.45) is 0 Å². The van der Waals surface area contributed by atoms with Gasteiger partial charge in [-0.25, -0.2) is 9.18 Å². The molecule has 4 nitrogen and oxygen atoms in total. The minimum absolute atomic E-state index is 0.0189. The van der Waals surface area contributed by atoms with Crippen LogP contribution in [0.5, 0.6) is 0 Å². The molecule has 0 bridgehead atoms. The predicted octanol–water partition coefficient (Wildman–Crippen LogP) is 3.03. The Morgan fingerprint density at radius 1 is 1.08 bits per heavy atom. The van der Waals surface area contributed by atoms with Crippen LogP contribution in [0.1, 0.15) is 37.7 Å². The molecule has 0 spiro atoms. The van der Waals surface area contributed by atoms with Crippen molar-refractivity contribution in [3.05, 3.63) is 35.6 Å². The Morgan fingerprint density at radius 3 is 2.50 bits per heavy atom. The highest BCUT2D eigenvalue weighted by Gasteiger charge is 2.26. The molecule has 1 aliphatic carbocycles. The Hall–Kier alpha value is -1.62. The van der Waals surface area contributed by atoms with E-state index in [2.05, 4.69) is 10.2 Å². The van der Waals surface area contributed by atoms with Crippen LogP contribution in [0.3, 0.4) is 0 Å². The van der Waals surface area contributed by atoms with Gasteiger partial charge < -0.3 is 10.2 Å². The maximum absolute atomic E-state index is 13.6. The molecule has 0 radical (unpaired) electrons. The van der Waals surface area contributed by atoms with Gasteiger partial charge in [0.25, 0.3) is 0 Å². The molecular formula is C19H28FN3O. The largest absolute Gasteiger partial charge is 0.338 e. The van der Waals surface area contributed by atoms with Gasteiger partial charge in [-0.05, 0) is 30.9 Å². The fourth-order valence-electron chi connectivity index (χ4n) is 3.85. The first kappa shape index (κ1) is 17.2. The number of nitrogens with zero attached hydrogens (tertiary/aromatic N) is 2. The first-order valence-electron chi connectivity index (χ1n) is 9.24. The van der Waals surface area contributed by atoms with Gasteiger partial charge in [-0.15, -0.1) is 0 Å². The van der Waals surface area contributed by atoms with E-state index in [1.54, 1.807) is 12.1 Å². The Morgan fingerprint density at radius 2 is 1.79 bits per heavy atom. The van der Waals surface area contributed by atoms with Crippen LogP contribution in [0.25, 0.3) is 0 Å². The normalized spacial score (nSPS) is 20.1. The second kappa shape index (κ2) is 8.47. The lowest BCUT2D eigenvalue weighted by Crippen LogP contribution is -2.54. The van der Waals surface area contributed by atoms with E-state index in [9.17, 15) is 9.18 Å². The topological polar surface area (TPSA) is 35.6 Å². The van der Waals surface area contributed by atoms with Crippen molar-refractivity contribution >= 4 is 6.03 Å². The van der Waals surface area contributed by atoms with E-state index >= 15 is 0 Å². The number of amides is 2. The van der Waals surface area contributed by atoms with Crippen molar-refractivity contribution in [2.45, 2.75) is 44.6 Å². The van der Waals surface area contributed by atoms with E-state index in [1.807, 2.05) is 11.0 Å². The van der Waals surface area contributed by atoms with Crippen LogP contribution in [0.15, 0.2) is 24.3 Å². The Balaban J connectivity index is 1.38. The molecular weight excluding hydrogens is 305 g/mol. The molecule has 2 aliphatic rings. The van der Waals surface area contributed by atoms with Gasteiger partial charge in [-0.2, -0.15) is 0 Å². The number of hydrogen-bond donors (Lipinski definition) is 1. The number of urea groups is 1. The van der Waals surface area contributed by atoms with Gasteiger partial charge in [0.1, 0.15) is 5.82 Å². The van der Waals surface area contributed by atoms with Crippen molar-refractivity contribution in [3.8, 4) is 0 Å². The average Bonchev–Trinajstić information content (AvgIpc) is 2.64. The van der Waals surface area contributed by atoms with Crippen molar-refractivity contribution in [3.63, 3.8) is 0 Å². The zero-order valence-corrected chi connectivity index (χ0v) is 14.3. The summed E-state index contributed by atoms with van der Waals surface area (Å²) < 4.78 is 13.6. The van der Waals surface area contributed by atoms with Crippen LogP contribution in [0.2, 0.25) is 0 Å². The van der Waals surface area contributed by atoms with Gasteiger partial charge in [0.2, 0.25) is 0 Å². The van der Waals surface area contributed by atoms with Gasteiger partial charge >= 0.3 is 6.03 Å². The van der Waals surface area contributed by atoms with Crippen LogP contribution >= 0.6 is 0 Å². The highest BCUT2D eigenvalue weighted by atomic mass is 19.1. The third-order valence-corrected chi connectivity index (χ3v) is 5.32. The van der Waals surface area contributed by atoms with E-state index < -0.39 is 0 Å². The minimum Gasteiger partial charge on any atom is -0.338 e. The molecule has 1 saturated heterocycles. The van der Waals surface area contributed by atoms with Gasteiger partial charge in [-0.3, -0.25) is 4.90 Å². The molecule has 1 heterocycles. The SMILES string of the molecule is O=C(NCCc1ccccc1F)N1CCN(C2CCCCC2)CC1. The lowest BCUT2D eigenvalue weighted by Gasteiger charge is -2.40. The van der Waals surface area contributed by atoms with E-state index in [-0.39, 0.29) is 11.8 Å². The second-order valence-electron chi connectivity index (χ2n) is 6.89. The number of piperazine rings is 1. The van der Waals surface area contributed by atoms with E-state index in [0.29, 0.717) is 18.5 Å². The Kier molecular flexibility index (Phi) is 6.07. The van der Waals surface area contributed by atoms with E-state index in [0.717, 1.165) is 32.2 Å². The maximum atomic E-state index is 13.6. The zero-order valence-electron chi connectivity index (χ0n) is 14.3. The molecule has 1 aromatic rings. The quantitative estimate of drug-likeness (QED) is 0.919. The molecule has 0 atom stereocenters. The monoisotopic (exact) mass is 333 g/mol.